The Morgan fingerprint density at radius 1 is 0.591 bits per heavy atom. The van der Waals surface area contributed by atoms with Gasteiger partial charge in [-0.2, -0.15) is 0 Å². The molecule has 0 bridgehead atoms. The lowest BCUT2D eigenvalue weighted by Gasteiger charge is -2.16. The zero-order valence-corrected chi connectivity index (χ0v) is 15.1. The van der Waals surface area contributed by atoms with Crippen LogP contribution in [-0.4, -0.2) is 39.6 Å². The minimum atomic E-state index is 0.486. The van der Waals surface area contributed by atoms with Gasteiger partial charge in [0.2, 0.25) is 0 Å². The van der Waals surface area contributed by atoms with Gasteiger partial charge in [-0.15, -0.1) is 0 Å². The second-order valence-corrected chi connectivity index (χ2v) is 6.54. The molecule has 0 amide bonds. The Kier molecular flexibility index (Phi) is 5.57. The molecule has 6 heteroatoms. The van der Waals surface area contributed by atoms with E-state index >= 15 is 0 Å². The average molecular weight is 432 g/mol. The van der Waals surface area contributed by atoms with Crippen molar-refractivity contribution in [3.63, 3.8) is 0 Å². The normalized spacial score (nSPS) is 16.8. The van der Waals surface area contributed by atoms with Crippen LogP contribution in [0.3, 0.4) is 0 Å². The Labute approximate surface area is 145 Å². The Hall–Kier alpha value is -0.820. The molecule has 0 saturated carbocycles. The fourth-order valence-electron chi connectivity index (χ4n) is 2.22. The molecular formula is C16H16Br2O4. The summed E-state index contributed by atoms with van der Waals surface area (Å²) < 4.78 is 24.5. The predicted molar refractivity (Wildman–Crippen MR) is 92.0 cm³/mol. The highest BCUT2D eigenvalue weighted by molar-refractivity contribution is 9.13. The van der Waals surface area contributed by atoms with Crippen molar-refractivity contribution in [1.29, 1.82) is 0 Å². The van der Waals surface area contributed by atoms with Gasteiger partial charge in [-0.25, -0.2) is 0 Å². The lowest BCUT2D eigenvalue weighted by molar-refractivity contribution is 0.0224. The molecule has 2 aromatic carbocycles. The first-order valence-corrected chi connectivity index (χ1v) is 8.66. The van der Waals surface area contributed by atoms with Crippen LogP contribution in [0.5, 0.6) is 11.5 Å². The van der Waals surface area contributed by atoms with Crippen LogP contribution < -0.4 is 9.47 Å². The average Bonchev–Trinajstić information content (AvgIpc) is 2.49. The summed E-state index contributed by atoms with van der Waals surface area (Å²) in [5, 5.41) is 2.17. The number of fused-ring (bicyclic) bond motifs is 2. The van der Waals surface area contributed by atoms with Gasteiger partial charge < -0.3 is 18.9 Å². The minimum Gasteiger partial charge on any atom is -0.487 e. The minimum absolute atomic E-state index is 0.486. The van der Waals surface area contributed by atoms with Gasteiger partial charge in [-0.05, 0) is 66.9 Å². The molecule has 118 valence electrons. The molecule has 0 unspecified atom stereocenters. The topological polar surface area (TPSA) is 36.9 Å². The van der Waals surface area contributed by atoms with Crippen LogP contribution in [0.25, 0.3) is 10.8 Å². The second kappa shape index (κ2) is 7.64. The van der Waals surface area contributed by atoms with E-state index in [9.17, 15) is 0 Å². The van der Waals surface area contributed by atoms with Gasteiger partial charge in [0, 0.05) is 8.95 Å². The van der Waals surface area contributed by atoms with Crippen molar-refractivity contribution in [3.8, 4) is 11.5 Å². The number of halogens is 2. The maximum Gasteiger partial charge on any atom is 0.161 e. The molecule has 1 aliphatic heterocycles. The lowest BCUT2D eigenvalue weighted by Crippen LogP contribution is -2.15. The van der Waals surface area contributed by atoms with Crippen LogP contribution in [-0.2, 0) is 9.47 Å². The molecule has 0 spiro atoms. The molecule has 1 aliphatic rings. The van der Waals surface area contributed by atoms with Crippen LogP contribution in [0.4, 0.5) is 0 Å². The van der Waals surface area contributed by atoms with Crippen LogP contribution >= 0.6 is 31.9 Å². The van der Waals surface area contributed by atoms with E-state index in [0.29, 0.717) is 39.6 Å². The van der Waals surface area contributed by atoms with Gasteiger partial charge in [0.1, 0.15) is 13.2 Å². The van der Waals surface area contributed by atoms with Crippen LogP contribution in [0, 0.1) is 0 Å². The highest BCUT2D eigenvalue weighted by Crippen LogP contribution is 2.36. The van der Waals surface area contributed by atoms with Gasteiger partial charge in [0.15, 0.2) is 11.5 Å². The van der Waals surface area contributed by atoms with Crippen molar-refractivity contribution in [1.82, 2.24) is 0 Å². The first kappa shape index (κ1) is 16.1. The van der Waals surface area contributed by atoms with E-state index < -0.39 is 0 Å². The Morgan fingerprint density at radius 2 is 1.00 bits per heavy atom. The fraction of sp³-hybridized carbons (Fsp3) is 0.375. The number of benzene rings is 2. The summed E-state index contributed by atoms with van der Waals surface area (Å²) in [6, 6.07) is 8.10. The third-order valence-electron chi connectivity index (χ3n) is 3.28. The lowest BCUT2D eigenvalue weighted by atomic mass is 10.1. The second-order valence-electron chi connectivity index (χ2n) is 4.83. The molecule has 4 nitrogen and oxygen atoms in total. The highest BCUT2D eigenvalue weighted by atomic mass is 79.9. The molecule has 0 saturated heterocycles. The molecule has 0 aliphatic carbocycles. The first-order valence-electron chi connectivity index (χ1n) is 7.08. The fourth-order valence-corrected chi connectivity index (χ4v) is 2.94. The van der Waals surface area contributed by atoms with Crippen molar-refractivity contribution >= 4 is 42.6 Å². The number of ether oxygens (including phenoxy) is 4. The van der Waals surface area contributed by atoms with E-state index in [1.807, 2.05) is 12.1 Å². The summed E-state index contributed by atoms with van der Waals surface area (Å²) in [6.45, 7) is 3.19. The van der Waals surface area contributed by atoms with E-state index in [-0.39, 0.29) is 0 Å². The van der Waals surface area contributed by atoms with E-state index in [2.05, 4.69) is 44.0 Å². The van der Waals surface area contributed by atoms with E-state index in [1.165, 1.54) is 0 Å². The van der Waals surface area contributed by atoms with Gasteiger partial charge in [0.25, 0.3) is 0 Å². The van der Waals surface area contributed by atoms with E-state index in [1.54, 1.807) is 0 Å². The maximum absolute atomic E-state index is 5.82. The van der Waals surface area contributed by atoms with Gasteiger partial charge >= 0.3 is 0 Å². The summed E-state index contributed by atoms with van der Waals surface area (Å²) in [5.41, 5.74) is 0. The van der Waals surface area contributed by atoms with Crippen molar-refractivity contribution in [2.75, 3.05) is 39.6 Å². The zero-order chi connectivity index (χ0) is 15.4. The summed E-state index contributed by atoms with van der Waals surface area (Å²) in [4.78, 5) is 0. The number of hydrogen-bond acceptors (Lipinski definition) is 4. The predicted octanol–water partition coefficient (Wildman–Crippen LogP) is 4.17. The van der Waals surface area contributed by atoms with E-state index in [4.69, 9.17) is 18.9 Å². The summed E-state index contributed by atoms with van der Waals surface area (Å²) >= 11 is 7.05. The van der Waals surface area contributed by atoms with Crippen molar-refractivity contribution in [2.24, 2.45) is 0 Å². The molecule has 0 aromatic heterocycles. The van der Waals surface area contributed by atoms with Gasteiger partial charge in [0.05, 0.1) is 26.4 Å². The zero-order valence-electron chi connectivity index (χ0n) is 11.9. The molecule has 0 radical (unpaired) electrons. The Morgan fingerprint density at radius 3 is 1.45 bits per heavy atom. The van der Waals surface area contributed by atoms with Crippen LogP contribution in [0.1, 0.15) is 0 Å². The van der Waals surface area contributed by atoms with Crippen LogP contribution in [0.15, 0.2) is 33.2 Å². The third-order valence-corrected chi connectivity index (χ3v) is 5.13. The van der Waals surface area contributed by atoms with Crippen molar-refractivity contribution < 1.29 is 18.9 Å². The molecule has 3 rings (SSSR count). The maximum atomic E-state index is 5.82. The first-order chi connectivity index (χ1) is 10.7. The molecule has 22 heavy (non-hydrogen) atoms. The molecule has 0 fully saturated rings. The molecule has 2 aromatic rings. The summed E-state index contributed by atoms with van der Waals surface area (Å²) in [7, 11) is 0. The largest absolute Gasteiger partial charge is 0.487 e. The standard InChI is InChI=1S/C16H16Br2O4/c17-13-7-11-9-15-16(10-12(11)8-14(13)18)22-6-4-20-2-1-19-3-5-21-15/h7-10H,1-6H2. The summed E-state index contributed by atoms with van der Waals surface area (Å²) in [6.07, 6.45) is 0. The quantitative estimate of drug-likeness (QED) is 0.627. The third kappa shape index (κ3) is 3.93. The van der Waals surface area contributed by atoms with Gasteiger partial charge in [-0.3, -0.25) is 0 Å². The number of rotatable bonds is 0. The Bertz CT molecular complexity index is 604. The van der Waals surface area contributed by atoms with E-state index in [0.717, 1.165) is 31.2 Å². The SMILES string of the molecule is Brc1cc2cc3c(cc2cc1Br)OCCOCCOCCO3. The highest BCUT2D eigenvalue weighted by Gasteiger charge is 2.11. The molecule has 0 N–H and O–H groups in total. The molecule has 1 heterocycles. The van der Waals surface area contributed by atoms with Gasteiger partial charge in [-0.1, -0.05) is 0 Å². The monoisotopic (exact) mass is 430 g/mol. The summed E-state index contributed by atoms with van der Waals surface area (Å²) in [5.74, 6) is 1.46. The smallest absolute Gasteiger partial charge is 0.161 e. The molecule has 0 atom stereocenters. The number of hydrogen-bond donors (Lipinski definition) is 0. The van der Waals surface area contributed by atoms with Crippen molar-refractivity contribution in [3.05, 3.63) is 33.2 Å². The molecular weight excluding hydrogens is 416 g/mol. The Balaban J connectivity index is 1.94. The van der Waals surface area contributed by atoms with Crippen LogP contribution in [0.2, 0.25) is 0 Å². The van der Waals surface area contributed by atoms with Crippen molar-refractivity contribution in [2.45, 2.75) is 0 Å².